The summed E-state index contributed by atoms with van der Waals surface area (Å²) in [4.78, 5) is 26.6. The Balaban J connectivity index is 2.18. The second kappa shape index (κ2) is 9.15. The van der Waals surface area contributed by atoms with Crippen LogP contribution >= 0.6 is 0 Å². The number of carbonyl (C=O) groups is 2. The highest BCUT2D eigenvalue weighted by atomic mass is 16.2. The maximum absolute atomic E-state index is 12.4. The van der Waals surface area contributed by atoms with Crippen LogP contribution in [0.15, 0.2) is 36.4 Å². The third kappa shape index (κ3) is 5.42. The first-order valence-corrected chi connectivity index (χ1v) is 8.77. The average molecular weight is 357 g/mol. The Morgan fingerprint density at radius 1 is 1.19 bits per heavy atom. The van der Waals surface area contributed by atoms with Crippen LogP contribution in [0.5, 0.6) is 0 Å². The van der Waals surface area contributed by atoms with E-state index in [1.165, 1.54) is 0 Å². The van der Waals surface area contributed by atoms with E-state index < -0.39 is 0 Å². The summed E-state index contributed by atoms with van der Waals surface area (Å²) in [5.74, 6) is -0.0655. The predicted octanol–water partition coefficient (Wildman–Crippen LogP) is 2.15. The molecule has 7 heteroatoms. The van der Waals surface area contributed by atoms with E-state index in [-0.39, 0.29) is 23.4 Å². The lowest BCUT2D eigenvalue weighted by atomic mass is 10.2. The lowest BCUT2D eigenvalue weighted by Gasteiger charge is -2.10. The monoisotopic (exact) mass is 357 g/mol. The van der Waals surface area contributed by atoms with Crippen molar-refractivity contribution in [3.63, 3.8) is 0 Å². The van der Waals surface area contributed by atoms with Crippen LogP contribution in [0.2, 0.25) is 0 Å². The number of carbonyl (C=O) groups excluding carboxylic acids is 2. The van der Waals surface area contributed by atoms with Gasteiger partial charge in [0.1, 0.15) is 5.82 Å². The molecule has 2 N–H and O–H groups in total. The molecule has 140 valence electrons. The quantitative estimate of drug-likeness (QED) is 0.710. The summed E-state index contributed by atoms with van der Waals surface area (Å²) < 4.78 is 1.58. The normalized spacial score (nSPS) is 11.0. The standard InChI is InChI=1S/C19H27N5O2/c1-14(2)18(25)21-17-13-16(19(26)20-11-8-12-23(3)4)22-24(17)15-9-6-5-7-10-15/h5-7,9-10,13-14H,8,11-12H2,1-4H3,(H,20,26)(H,21,25). The van der Waals surface area contributed by atoms with Gasteiger partial charge in [0.25, 0.3) is 5.91 Å². The Kier molecular flexibility index (Phi) is 6.91. The van der Waals surface area contributed by atoms with Gasteiger partial charge in [-0.2, -0.15) is 5.10 Å². The Hall–Kier alpha value is -2.67. The second-order valence-corrected chi connectivity index (χ2v) is 6.72. The molecule has 26 heavy (non-hydrogen) atoms. The molecule has 0 radical (unpaired) electrons. The highest BCUT2D eigenvalue weighted by Crippen LogP contribution is 2.18. The van der Waals surface area contributed by atoms with Crippen LogP contribution in [0.4, 0.5) is 5.82 Å². The highest BCUT2D eigenvalue weighted by molar-refractivity contribution is 5.96. The number of amides is 2. The molecule has 0 spiro atoms. The van der Waals surface area contributed by atoms with Gasteiger partial charge in [0, 0.05) is 18.5 Å². The number of nitrogens with one attached hydrogen (secondary N) is 2. The highest BCUT2D eigenvalue weighted by Gasteiger charge is 2.18. The molecule has 1 heterocycles. The van der Waals surface area contributed by atoms with E-state index >= 15 is 0 Å². The summed E-state index contributed by atoms with van der Waals surface area (Å²) in [6.45, 7) is 5.10. The van der Waals surface area contributed by atoms with Gasteiger partial charge in [-0.1, -0.05) is 32.0 Å². The van der Waals surface area contributed by atoms with Gasteiger partial charge in [-0.15, -0.1) is 0 Å². The molecular weight excluding hydrogens is 330 g/mol. The van der Waals surface area contributed by atoms with E-state index in [2.05, 4.69) is 20.6 Å². The molecule has 1 aromatic heterocycles. The SMILES string of the molecule is CC(C)C(=O)Nc1cc(C(=O)NCCCN(C)C)nn1-c1ccccc1. The fourth-order valence-corrected chi connectivity index (χ4v) is 2.31. The topological polar surface area (TPSA) is 79.3 Å². The Labute approximate surface area is 154 Å². The fourth-order valence-electron chi connectivity index (χ4n) is 2.31. The van der Waals surface area contributed by atoms with Crippen molar-refractivity contribution in [2.45, 2.75) is 20.3 Å². The van der Waals surface area contributed by atoms with Crippen molar-refractivity contribution in [3.8, 4) is 5.69 Å². The number of nitrogens with zero attached hydrogens (tertiary/aromatic N) is 3. The predicted molar refractivity (Wildman–Crippen MR) is 103 cm³/mol. The van der Waals surface area contributed by atoms with Crippen molar-refractivity contribution >= 4 is 17.6 Å². The number of benzene rings is 1. The van der Waals surface area contributed by atoms with Gasteiger partial charge in [-0.05, 0) is 39.2 Å². The lowest BCUT2D eigenvalue weighted by molar-refractivity contribution is -0.118. The zero-order valence-electron chi connectivity index (χ0n) is 15.8. The van der Waals surface area contributed by atoms with Crippen molar-refractivity contribution in [1.29, 1.82) is 0 Å². The van der Waals surface area contributed by atoms with Gasteiger partial charge in [0.15, 0.2) is 5.69 Å². The molecule has 2 aromatic rings. The van der Waals surface area contributed by atoms with Gasteiger partial charge < -0.3 is 15.5 Å². The van der Waals surface area contributed by atoms with Crippen LogP contribution in [-0.4, -0.2) is 53.7 Å². The van der Waals surface area contributed by atoms with Crippen LogP contribution in [0.25, 0.3) is 5.69 Å². The van der Waals surface area contributed by atoms with Crippen molar-refractivity contribution < 1.29 is 9.59 Å². The van der Waals surface area contributed by atoms with Gasteiger partial charge in [-0.25, -0.2) is 4.68 Å². The first kappa shape index (κ1) is 19.7. The van der Waals surface area contributed by atoms with Gasteiger partial charge in [-0.3, -0.25) is 9.59 Å². The van der Waals surface area contributed by atoms with Crippen LogP contribution in [-0.2, 0) is 4.79 Å². The Morgan fingerprint density at radius 3 is 2.50 bits per heavy atom. The van der Waals surface area contributed by atoms with Crippen molar-refractivity contribution in [2.75, 3.05) is 32.5 Å². The van der Waals surface area contributed by atoms with E-state index in [0.29, 0.717) is 12.4 Å². The van der Waals surface area contributed by atoms with Crippen LogP contribution in [0, 0.1) is 5.92 Å². The molecule has 7 nitrogen and oxygen atoms in total. The fraction of sp³-hybridized carbons (Fsp3) is 0.421. The average Bonchev–Trinajstić information content (AvgIpc) is 3.03. The number of aromatic nitrogens is 2. The van der Waals surface area contributed by atoms with Gasteiger partial charge in [0.05, 0.1) is 5.69 Å². The number of anilines is 1. The van der Waals surface area contributed by atoms with Crippen LogP contribution < -0.4 is 10.6 Å². The zero-order chi connectivity index (χ0) is 19.1. The lowest BCUT2D eigenvalue weighted by Crippen LogP contribution is -2.27. The molecule has 0 saturated heterocycles. The molecular formula is C19H27N5O2. The molecule has 0 saturated carbocycles. The minimum absolute atomic E-state index is 0.125. The number of hydrogen-bond donors (Lipinski definition) is 2. The summed E-state index contributed by atoms with van der Waals surface area (Å²) in [5.41, 5.74) is 1.05. The smallest absolute Gasteiger partial charge is 0.271 e. The summed E-state index contributed by atoms with van der Waals surface area (Å²) in [7, 11) is 3.99. The molecule has 0 aliphatic rings. The summed E-state index contributed by atoms with van der Waals surface area (Å²) >= 11 is 0. The minimum Gasteiger partial charge on any atom is -0.351 e. The number of para-hydroxylation sites is 1. The summed E-state index contributed by atoms with van der Waals surface area (Å²) in [6, 6.07) is 11.0. The number of hydrogen-bond acceptors (Lipinski definition) is 4. The van der Waals surface area contributed by atoms with E-state index in [4.69, 9.17) is 0 Å². The molecule has 1 aromatic carbocycles. The largest absolute Gasteiger partial charge is 0.351 e. The van der Waals surface area contributed by atoms with E-state index in [9.17, 15) is 9.59 Å². The minimum atomic E-state index is -0.251. The van der Waals surface area contributed by atoms with E-state index in [0.717, 1.165) is 18.7 Å². The number of rotatable bonds is 8. The van der Waals surface area contributed by atoms with E-state index in [1.807, 2.05) is 58.3 Å². The molecule has 0 unspecified atom stereocenters. The Morgan fingerprint density at radius 2 is 1.88 bits per heavy atom. The molecule has 0 aliphatic heterocycles. The van der Waals surface area contributed by atoms with Crippen molar-refractivity contribution in [2.24, 2.45) is 5.92 Å². The first-order chi connectivity index (χ1) is 12.4. The van der Waals surface area contributed by atoms with Gasteiger partial charge >= 0.3 is 0 Å². The summed E-state index contributed by atoms with van der Waals surface area (Å²) in [5, 5.41) is 10.1. The third-order valence-electron chi connectivity index (χ3n) is 3.79. The molecule has 0 atom stereocenters. The maximum atomic E-state index is 12.4. The Bertz CT molecular complexity index is 738. The zero-order valence-corrected chi connectivity index (χ0v) is 15.8. The molecule has 0 bridgehead atoms. The van der Waals surface area contributed by atoms with Crippen LogP contribution in [0.3, 0.4) is 0 Å². The second-order valence-electron chi connectivity index (χ2n) is 6.72. The van der Waals surface area contributed by atoms with E-state index in [1.54, 1.807) is 10.7 Å². The van der Waals surface area contributed by atoms with Gasteiger partial charge in [0.2, 0.25) is 5.91 Å². The maximum Gasteiger partial charge on any atom is 0.271 e. The first-order valence-electron chi connectivity index (χ1n) is 8.77. The van der Waals surface area contributed by atoms with Crippen molar-refractivity contribution in [1.82, 2.24) is 20.0 Å². The van der Waals surface area contributed by atoms with Crippen molar-refractivity contribution in [3.05, 3.63) is 42.1 Å². The van der Waals surface area contributed by atoms with Crippen LogP contribution in [0.1, 0.15) is 30.8 Å². The third-order valence-corrected chi connectivity index (χ3v) is 3.79. The molecule has 2 amide bonds. The molecule has 2 rings (SSSR count). The summed E-state index contributed by atoms with van der Waals surface area (Å²) in [6.07, 6.45) is 0.856. The molecule has 0 aliphatic carbocycles. The molecule has 0 fully saturated rings.